The molecule has 0 aromatic carbocycles. The Morgan fingerprint density at radius 1 is 0.882 bits per heavy atom. The van der Waals surface area contributed by atoms with E-state index in [1.54, 1.807) is 0 Å². The van der Waals surface area contributed by atoms with Crippen molar-refractivity contribution in [2.75, 3.05) is 0 Å². The van der Waals surface area contributed by atoms with E-state index in [-0.39, 0.29) is 6.10 Å². The maximum absolute atomic E-state index is 10.3. The molecular weight excluding hydrogens is 212 g/mol. The quantitative estimate of drug-likeness (QED) is 0.730. The van der Waals surface area contributed by atoms with Crippen molar-refractivity contribution in [2.24, 2.45) is 5.73 Å². The van der Waals surface area contributed by atoms with E-state index in [9.17, 15) is 5.11 Å². The molecule has 2 heterocycles. The van der Waals surface area contributed by atoms with E-state index >= 15 is 0 Å². The van der Waals surface area contributed by atoms with Crippen molar-refractivity contribution >= 4 is 0 Å². The van der Waals surface area contributed by atoms with Crippen LogP contribution in [-0.4, -0.2) is 40.3 Å². The molecule has 4 unspecified atom stereocenters. The zero-order valence-electron chi connectivity index (χ0n) is 10.7. The highest BCUT2D eigenvalue weighted by Gasteiger charge is 2.43. The lowest BCUT2D eigenvalue weighted by atomic mass is 9.78. The maximum Gasteiger partial charge on any atom is 0.0695 e. The van der Waals surface area contributed by atoms with Crippen LogP contribution in [0.2, 0.25) is 0 Å². The molecule has 17 heavy (non-hydrogen) atoms. The molecule has 2 aliphatic heterocycles. The van der Waals surface area contributed by atoms with Crippen LogP contribution in [0.1, 0.15) is 57.8 Å². The van der Waals surface area contributed by atoms with Gasteiger partial charge in [-0.1, -0.05) is 19.3 Å². The summed E-state index contributed by atoms with van der Waals surface area (Å²) in [5.74, 6) is 0. The molecule has 0 aromatic heterocycles. The lowest BCUT2D eigenvalue weighted by Crippen LogP contribution is -2.61. The smallest absolute Gasteiger partial charge is 0.0695 e. The van der Waals surface area contributed by atoms with Crippen LogP contribution >= 0.6 is 0 Å². The van der Waals surface area contributed by atoms with Crippen molar-refractivity contribution in [2.45, 2.75) is 88.1 Å². The van der Waals surface area contributed by atoms with Crippen LogP contribution in [0.3, 0.4) is 0 Å². The summed E-state index contributed by atoms with van der Waals surface area (Å²) >= 11 is 0. The summed E-state index contributed by atoms with van der Waals surface area (Å²) in [4.78, 5) is 2.68. The van der Waals surface area contributed by atoms with Crippen molar-refractivity contribution in [3.63, 3.8) is 0 Å². The largest absolute Gasteiger partial charge is 0.391 e. The summed E-state index contributed by atoms with van der Waals surface area (Å²) in [6.07, 6.45) is 10.9. The monoisotopic (exact) mass is 238 g/mol. The van der Waals surface area contributed by atoms with Gasteiger partial charge >= 0.3 is 0 Å². The zero-order chi connectivity index (χ0) is 11.8. The van der Waals surface area contributed by atoms with Gasteiger partial charge in [0.25, 0.3) is 0 Å². The molecule has 1 saturated carbocycles. The van der Waals surface area contributed by atoms with Gasteiger partial charge in [0, 0.05) is 24.2 Å². The third-order valence-corrected chi connectivity index (χ3v) is 5.14. The third-order valence-electron chi connectivity index (χ3n) is 5.14. The molecule has 3 aliphatic rings. The van der Waals surface area contributed by atoms with Crippen molar-refractivity contribution in [1.29, 1.82) is 0 Å². The molecule has 0 spiro atoms. The van der Waals surface area contributed by atoms with Crippen molar-refractivity contribution in [3.05, 3.63) is 0 Å². The fourth-order valence-electron chi connectivity index (χ4n) is 4.44. The van der Waals surface area contributed by atoms with Crippen LogP contribution in [0.15, 0.2) is 0 Å². The Morgan fingerprint density at radius 2 is 1.53 bits per heavy atom. The first-order valence-corrected chi connectivity index (χ1v) is 7.47. The maximum atomic E-state index is 10.3. The van der Waals surface area contributed by atoms with Crippen molar-refractivity contribution in [1.82, 2.24) is 4.90 Å². The summed E-state index contributed by atoms with van der Waals surface area (Å²) in [7, 11) is 0. The minimum absolute atomic E-state index is 0.0822. The summed E-state index contributed by atoms with van der Waals surface area (Å²) in [6, 6.07) is 2.17. The molecule has 0 amide bonds. The molecule has 1 aliphatic carbocycles. The molecular formula is C14H26N2O. The van der Waals surface area contributed by atoms with E-state index in [0.717, 1.165) is 19.3 Å². The van der Waals surface area contributed by atoms with E-state index in [2.05, 4.69) is 4.90 Å². The first-order valence-electron chi connectivity index (χ1n) is 7.47. The number of rotatable bonds is 1. The van der Waals surface area contributed by atoms with E-state index < -0.39 is 0 Å². The zero-order valence-corrected chi connectivity index (χ0v) is 10.7. The lowest BCUT2D eigenvalue weighted by Gasteiger charge is -2.53. The predicted octanol–water partition coefficient (Wildman–Crippen LogP) is 1.63. The molecule has 0 radical (unpaired) electrons. The molecule has 0 aromatic rings. The summed E-state index contributed by atoms with van der Waals surface area (Å²) < 4.78 is 0. The molecule has 3 nitrogen and oxygen atoms in total. The summed E-state index contributed by atoms with van der Waals surface area (Å²) in [5.41, 5.74) is 6.16. The Hall–Kier alpha value is -0.120. The third kappa shape index (κ3) is 2.25. The van der Waals surface area contributed by atoms with Gasteiger partial charge < -0.3 is 10.8 Å². The first kappa shape index (κ1) is 11.9. The fourth-order valence-corrected chi connectivity index (χ4v) is 4.44. The number of nitrogens with zero attached hydrogens (tertiary/aromatic N) is 1. The van der Waals surface area contributed by atoms with Crippen LogP contribution in [0.25, 0.3) is 0 Å². The number of hydrogen-bond donors (Lipinski definition) is 2. The van der Waals surface area contributed by atoms with E-state index in [1.165, 1.54) is 38.5 Å². The Kier molecular flexibility index (Phi) is 3.42. The molecule has 2 saturated heterocycles. The molecule has 3 heteroatoms. The van der Waals surface area contributed by atoms with Gasteiger partial charge in [-0.05, 0) is 38.5 Å². The van der Waals surface area contributed by atoms with Gasteiger partial charge in [0.05, 0.1) is 6.10 Å². The van der Waals surface area contributed by atoms with Gasteiger partial charge in [0.1, 0.15) is 0 Å². The van der Waals surface area contributed by atoms with E-state index in [0.29, 0.717) is 24.2 Å². The normalized spacial score (nSPS) is 48.0. The fraction of sp³-hybridized carbons (Fsp3) is 1.00. The second-order valence-corrected chi connectivity index (χ2v) is 6.34. The minimum Gasteiger partial charge on any atom is -0.391 e. The van der Waals surface area contributed by atoms with Gasteiger partial charge in [-0.25, -0.2) is 0 Å². The lowest BCUT2D eigenvalue weighted by molar-refractivity contribution is -0.0666. The highest BCUT2D eigenvalue weighted by Crippen LogP contribution is 2.38. The van der Waals surface area contributed by atoms with Gasteiger partial charge in [-0.15, -0.1) is 0 Å². The Bertz CT molecular complexity index is 257. The van der Waals surface area contributed by atoms with Crippen molar-refractivity contribution in [3.8, 4) is 0 Å². The number of aliphatic hydroxyl groups excluding tert-OH is 1. The standard InChI is InChI=1S/C14H26N2O/c15-10-8-11-4-3-5-12(9-10)16(11)13-6-1-2-7-14(13)17/h10-14,17H,1-9,15H2. The van der Waals surface area contributed by atoms with E-state index in [4.69, 9.17) is 5.73 Å². The molecule has 3 fully saturated rings. The SMILES string of the molecule is NC1CC2CCCC(C1)N2C1CCCCC1O. The van der Waals surface area contributed by atoms with Gasteiger partial charge in [0.2, 0.25) is 0 Å². The summed E-state index contributed by atoms with van der Waals surface area (Å²) in [5, 5.41) is 10.3. The molecule has 4 atom stereocenters. The minimum atomic E-state index is -0.0822. The average molecular weight is 238 g/mol. The Balaban J connectivity index is 1.76. The van der Waals surface area contributed by atoms with Crippen LogP contribution in [-0.2, 0) is 0 Å². The van der Waals surface area contributed by atoms with Gasteiger partial charge in [-0.3, -0.25) is 4.90 Å². The molecule has 2 bridgehead atoms. The van der Waals surface area contributed by atoms with E-state index in [1.807, 2.05) is 0 Å². The highest BCUT2D eigenvalue weighted by atomic mass is 16.3. The predicted molar refractivity (Wildman–Crippen MR) is 68.7 cm³/mol. The molecule has 98 valence electrons. The van der Waals surface area contributed by atoms with Crippen LogP contribution in [0.4, 0.5) is 0 Å². The average Bonchev–Trinajstić information content (AvgIpc) is 2.29. The highest BCUT2D eigenvalue weighted by molar-refractivity contribution is 4.99. The number of aliphatic hydroxyl groups is 1. The second-order valence-electron chi connectivity index (χ2n) is 6.34. The van der Waals surface area contributed by atoms with Crippen LogP contribution in [0, 0.1) is 0 Å². The second kappa shape index (κ2) is 4.87. The number of hydrogen-bond acceptors (Lipinski definition) is 3. The number of piperidine rings is 2. The van der Waals surface area contributed by atoms with Gasteiger partial charge in [-0.2, -0.15) is 0 Å². The Morgan fingerprint density at radius 3 is 2.18 bits per heavy atom. The number of fused-ring (bicyclic) bond motifs is 2. The van der Waals surface area contributed by atoms with Crippen LogP contribution < -0.4 is 5.73 Å². The van der Waals surface area contributed by atoms with Gasteiger partial charge in [0.15, 0.2) is 0 Å². The Labute approximate surface area is 104 Å². The topological polar surface area (TPSA) is 49.5 Å². The van der Waals surface area contributed by atoms with Crippen LogP contribution in [0.5, 0.6) is 0 Å². The van der Waals surface area contributed by atoms with Crippen molar-refractivity contribution < 1.29 is 5.11 Å². The number of nitrogens with two attached hydrogens (primary N) is 1. The summed E-state index contributed by atoms with van der Waals surface area (Å²) in [6.45, 7) is 0. The molecule has 3 N–H and O–H groups in total. The first-order chi connectivity index (χ1) is 8.25. The molecule has 3 rings (SSSR count).